The van der Waals surface area contributed by atoms with E-state index in [1.165, 1.54) is 7.05 Å². The van der Waals surface area contributed by atoms with E-state index in [1.54, 1.807) is 0 Å². The molecule has 146 valence electrons. The molecule has 1 aliphatic carbocycles. The quantitative estimate of drug-likeness (QED) is 0.584. The van der Waals surface area contributed by atoms with Crippen molar-refractivity contribution in [3.05, 3.63) is 35.6 Å². The SMILES string of the molecule is CN(CCC(=O)O)S(=O)(=O)NCC1=CCC=C(OCC2CCCO2)C=C1. The Balaban J connectivity index is 1.78. The van der Waals surface area contributed by atoms with E-state index in [2.05, 4.69) is 4.72 Å². The van der Waals surface area contributed by atoms with Crippen LogP contribution in [0.4, 0.5) is 0 Å². The van der Waals surface area contributed by atoms with Gasteiger partial charge in [0.25, 0.3) is 10.2 Å². The Morgan fingerprint density at radius 2 is 2.23 bits per heavy atom. The molecule has 8 nitrogen and oxygen atoms in total. The normalized spacial score (nSPS) is 20.6. The molecule has 0 aromatic heterocycles. The number of hydrogen-bond donors (Lipinski definition) is 2. The van der Waals surface area contributed by atoms with E-state index in [9.17, 15) is 13.2 Å². The number of carboxylic acid groups (broad SMARTS) is 1. The summed E-state index contributed by atoms with van der Waals surface area (Å²) in [6.45, 7) is 1.35. The molecule has 1 fully saturated rings. The van der Waals surface area contributed by atoms with Crippen molar-refractivity contribution < 1.29 is 27.8 Å². The third-order valence-electron chi connectivity index (χ3n) is 4.13. The summed E-state index contributed by atoms with van der Waals surface area (Å²) >= 11 is 0. The van der Waals surface area contributed by atoms with E-state index in [-0.39, 0.29) is 25.6 Å². The predicted octanol–water partition coefficient (Wildman–Crippen LogP) is 1.19. The van der Waals surface area contributed by atoms with Gasteiger partial charge in [0, 0.05) is 26.7 Å². The predicted molar refractivity (Wildman–Crippen MR) is 96.7 cm³/mol. The van der Waals surface area contributed by atoms with Gasteiger partial charge < -0.3 is 14.6 Å². The van der Waals surface area contributed by atoms with Crippen LogP contribution in [0.5, 0.6) is 0 Å². The minimum Gasteiger partial charge on any atom is -0.491 e. The Morgan fingerprint density at radius 1 is 1.42 bits per heavy atom. The molecule has 0 amide bonds. The van der Waals surface area contributed by atoms with Crippen molar-refractivity contribution in [2.45, 2.75) is 31.8 Å². The molecule has 1 saturated heterocycles. The third kappa shape index (κ3) is 6.91. The van der Waals surface area contributed by atoms with Gasteiger partial charge in [-0.1, -0.05) is 12.2 Å². The fourth-order valence-corrected chi connectivity index (χ4v) is 3.41. The summed E-state index contributed by atoms with van der Waals surface area (Å²) in [5, 5.41) is 8.65. The second-order valence-corrected chi connectivity index (χ2v) is 8.05. The zero-order valence-corrected chi connectivity index (χ0v) is 15.7. The average Bonchev–Trinajstić information content (AvgIpc) is 3.01. The number of hydrogen-bond acceptors (Lipinski definition) is 5. The van der Waals surface area contributed by atoms with Crippen LogP contribution in [-0.2, 0) is 24.5 Å². The molecule has 0 radical (unpaired) electrons. The molecule has 26 heavy (non-hydrogen) atoms. The van der Waals surface area contributed by atoms with E-state index in [0.717, 1.165) is 35.1 Å². The Kier molecular flexibility index (Phi) is 7.83. The van der Waals surface area contributed by atoms with Crippen molar-refractivity contribution in [3.63, 3.8) is 0 Å². The summed E-state index contributed by atoms with van der Waals surface area (Å²) in [7, 11) is -2.37. The van der Waals surface area contributed by atoms with Gasteiger partial charge in [-0.05, 0) is 37.0 Å². The lowest BCUT2D eigenvalue weighted by atomic mass is 10.2. The van der Waals surface area contributed by atoms with Crippen LogP contribution in [0.3, 0.4) is 0 Å². The van der Waals surface area contributed by atoms with Crippen LogP contribution in [0, 0.1) is 0 Å². The van der Waals surface area contributed by atoms with Crippen molar-refractivity contribution in [3.8, 4) is 0 Å². The van der Waals surface area contributed by atoms with E-state index >= 15 is 0 Å². The third-order valence-corrected chi connectivity index (χ3v) is 5.64. The topological polar surface area (TPSA) is 105 Å². The second-order valence-electron chi connectivity index (χ2n) is 6.19. The number of nitrogens with one attached hydrogen (secondary N) is 1. The lowest BCUT2D eigenvalue weighted by Crippen LogP contribution is -2.39. The second kappa shape index (κ2) is 9.86. The van der Waals surface area contributed by atoms with Crippen LogP contribution in [0.1, 0.15) is 25.7 Å². The number of nitrogens with zero attached hydrogens (tertiary/aromatic N) is 1. The van der Waals surface area contributed by atoms with Crippen LogP contribution in [0.25, 0.3) is 0 Å². The molecule has 0 saturated carbocycles. The molecule has 0 bridgehead atoms. The van der Waals surface area contributed by atoms with Crippen LogP contribution in [-0.4, -0.2) is 63.3 Å². The molecular formula is C17H26N2O6S. The molecule has 2 rings (SSSR count). The standard InChI is InChI=1S/C17H26N2O6S/c1-19(10-9-17(20)21)26(22,23)18-12-14-4-2-5-15(8-7-14)25-13-16-6-3-11-24-16/h4-5,7-8,16,18H,2-3,6,9-13H2,1H3,(H,20,21). The van der Waals surface area contributed by atoms with Gasteiger partial charge in [-0.25, -0.2) is 0 Å². The molecule has 2 N–H and O–H groups in total. The number of rotatable bonds is 10. The minimum atomic E-state index is -3.72. The fraction of sp³-hybridized carbons (Fsp3) is 0.588. The highest BCUT2D eigenvalue weighted by molar-refractivity contribution is 7.87. The smallest absolute Gasteiger partial charge is 0.304 e. The minimum absolute atomic E-state index is 0.0810. The van der Waals surface area contributed by atoms with Gasteiger partial charge in [-0.15, -0.1) is 0 Å². The first kappa shape index (κ1) is 20.6. The lowest BCUT2D eigenvalue weighted by molar-refractivity contribution is -0.137. The van der Waals surface area contributed by atoms with Crippen molar-refractivity contribution >= 4 is 16.2 Å². The maximum Gasteiger partial charge on any atom is 0.304 e. The summed E-state index contributed by atoms with van der Waals surface area (Å²) in [6.07, 6.45) is 10.1. The number of ether oxygens (including phenoxy) is 2. The Hall–Kier alpha value is -1.68. The molecule has 1 heterocycles. The highest BCUT2D eigenvalue weighted by Crippen LogP contribution is 2.16. The van der Waals surface area contributed by atoms with Crippen LogP contribution >= 0.6 is 0 Å². The molecule has 9 heteroatoms. The van der Waals surface area contributed by atoms with Gasteiger partial charge in [0.1, 0.15) is 12.4 Å². The summed E-state index contributed by atoms with van der Waals surface area (Å²) in [5.74, 6) is -0.295. The number of carbonyl (C=O) groups is 1. The van der Waals surface area contributed by atoms with Gasteiger partial charge in [-0.2, -0.15) is 17.4 Å². The molecule has 2 aliphatic rings. The zero-order chi connectivity index (χ0) is 19.0. The summed E-state index contributed by atoms with van der Waals surface area (Å²) in [4.78, 5) is 10.6. The largest absolute Gasteiger partial charge is 0.491 e. The highest BCUT2D eigenvalue weighted by atomic mass is 32.2. The van der Waals surface area contributed by atoms with E-state index < -0.39 is 16.2 Å². The molecular weight excluding hydrogens is 360 g/mol. The van der Waals surface area contributed by atoms with Gasteiger partial charge in [0.05, 0.1) is 12.5 Å². The molecule has 1 atom stereocenters. The number of allylic oxidation sites excluding steroid dienone is 3. The Bertz CT molecular complexity index is 677. The maximum atomic E-state index is 12.1. The highest BCUT2D eigenvalue weighted by Gasteiger charge is 2.18. The molecule has 1 aliphatic heterocycles. The first-order valence-corrected chi connectivity index (χ1v) is 10.1. The Morgan fingerprint density at radius 3 is 2.92 bits per heavy atom. The zero-order valence-electron chi connectivity index (χ0n) is 14.9. The van der Waals surface area contributed by atoms with Crippen LogP contribution < -0.4 is 4.72 Å². The van der Waals surface area contributed by atoms with Crippen LogP contribution in [0.2, 0.25) is 0 Å². The summed E-state index contributed by atoms with van der Waals surface area (Å²) in [6, 6.07) is 0. The Labute approximate surface area is 154 Å². The van der Waals surface area contributed by atoms with E-state index in [1.807, 2.05) is 24.3 Å². The van der Waals surface area contributed by atoms with E-state index in [0.29, 0.717) is 13.0 Å². The van der Waals surface area contributed by atoms with Crippen molar-refractivity contribution in [1.82, 2.24) is 9.03 Å². The summed E-state index contributed by atoms with van der Waals surface area (Å²) in [5.41, 5.74) is 0.812. The molecule has 1 unspecified atom stereocenters. The van der Waals surface area contributed by atoms with Gasteiger partial charge >= 0.3 is 5.97 Å². The fourth-order valence-electron chi connectivity index (χ4n) is 2.51. The first-order chi connectivity index (χ1) is 12.4. The van der Waals surface area contributed by atoms with Gasteiger partial charge in [0.15, 0.2) is 0 Å². The number of carboxylic acids is 1. The first-order valence-electron chi connectivity index (χ1n) is 8.61. The monoisotopic (exact) mass is 386 g/mol. The van der Waals surface area contributed by atoms with E-state index in [4.69, 9.17) is 14.6 Å². The molecule has 0 aromatic carbocycles. The molecule has 0 aromatic rings. The number of aliphatic carboxylic acids is 1. The van der Waals surface area contributed by atoms with Crippen molar-refractivity contribution in [1.29, 1.82) is 0 Å². The van der Waals surface area contributed by atoms with Crippen molar-refractivity contribution in [2.24, 2.45) is 0 Å². The van der Waals surface area contributed by atoms with Crippen molar-refractivity contribution in [2.75, 3.05) is 33.4 Å². The maximum absolute atomic E-state index is 12.1. The van der Waals surface area contributed by atoms with Gasteiger partial charge in [-0.3, -0.25) is 4.79 Å². The lowest BCUT2D eigenvalue weighted by Gasteiger charge is -2.17. The average molecular weight is 386 g/mol. The van der Waals surface area contributed by atoms with Gasteiger partial charge in [0.2, 0.25) is 0 Å². The summed E-state index contributed by atoms with van der Waals surface area (Å²) < 4.78 is 38.9. The molecule has 0 spiro atoms. The van der Waals surface area contributed by atoms with Crippen LogP contribution in [0.15, 0.2) is 35.6 Å².